The predicted octanol–water partition coefficient (Wildman–Crippen LogP) is 0.0198. The number of nitrogens with one attached hydrogen (secondary N) is 1. The Bertz CT molecular complexity index is 1720. The Balaban J connectivity index is 1.52. The average molecular weight is 687 g/mol. The van der Waals surface area contributed by atoms with Gasteiger partial charge in [-0.2, -0.15) is 0 Å². The highest BCUT2D eigenvalue weighted by atomic mass is 35.5. The molecule has 1 aromatic carbocycles. The number of anilines is 1. The number of amides is 2. The van der Waals surface area contributed by atoms with E-state index in [-0.39, 0.29) is 50.8 Å². The van der Waals surface area contributed by atoms with E-state index in [1.165, 1.54) is 30.3 Å². The van der Waals surface area contributed by atoms with Crippen LogP contribution in [0.3, 0.4) is 0 Å². The average Bonchev–Trinajstić information content (AvgIpc) is 3.40. The summed E-state index contributed by atoms with van der Waals surface area (Å²) in [5.74, 6) is -3.92. The first-order valence-electron chi connectivity index (χ1n) is 12.2. The molecule has 2 atom stereocenters. The van der Waals surface area contributed by atoms with Gasteiger partial charge >= 0.3 is 11.9 Å². The number of β-lactam (4-membered cyclic amide) rings is 1. The number of oxime groups is 1. The number of nitrogen functional groups attached to an aromatic ring is 1. The number of halogens is 1. The van der Waals surface area contributed by atoms with Gasteiger partial charge in [0.15, 0.2) is 23.2 Å². The fourth-order valence-electron chi connectivity index (χ4n) is 4.05. The van der Waals surface area contributed by atoms with E-state index in [4.69, 9.17) is 36.8 Å². The monoisotopic (exact) mass is 686 g/mol. The molecule has 0 saturated carbocycles. The number of ether oxygens (including phenoxy) is 2. The van der Waals surface area contributed by atoms with Crippen LogP contribution >= 0.6 is 34.7 Å². The highest BCUT2D eigenvalue weighted by Gasteiger charge is 2.55. The van der Waals surface area contributed by atoms with Crippen molar-refractivity contribution in [1.82, 2.24) is 15.2 Å². The summed E-state index contributed by atoms with van der Waals surface area (Å²) >= 11 is 8.10. The number of fused-ring (bicyclic) bond motifs is 1. The molecular weight excluding hydrogens is 664 g/mol. The van der Waals surface area contributed by atoms with Gasteiger partial charge in [0.2, 0.25) is 10.0 Å². The third kappa shape index (κ3) is 7.02. The van der Waals surface area contributed by atoms with Crippen molar-refractivity contribution < 1.29 is 46.7 Å². The van der Waals surface area contributed by atoms with Crippen LogP contribution in [-0.2, 0) is 43.5 Å². The molecule has 4 rings (SSSR count). The van der Waals surface area contributed by atoms with Crippen LogP contribution in [0.15, 0.2) is 44.9 Å². The first kappa shape index (κ1) is 32.9. The molecule has 234 valence electrons. The number of ketones is 1. The zero-order valence-electron chi connectivity index (χ0n) is 22.8. The summed E-state index contributed by atoms with van der Waals surface area (Å²) in [6.45, 7) is -0.0328. The molecule has 0 radical (unpaired) electrons. The minimum absolute atomic E-state index is 0.100. The Hall–Kier alpha value is -4.04. The number of hydrogen-bond donors (Lipinski definition) is 3. The van der Waals surface area contributed by atoms with Crippen LogP contribution in [0.1, 0.15) is 23.0 Å². The normalized spacial score (nSPS) is 18.2. The number of primary sulfonamides is 1. The summed E-state index contributed by atoms with van der Waals surface area (Å²) in [6.07, 6.45) is 0. The molecule has 16 nitrogen and oxygen atoms in total. The Kier molecular flexibility index (Phi) is 9.94. The van der Waals surface area contributed by atoms with E-state index in [0.29, 0.717) is 0 Å². The Morgan fingerprint density at radius 2 is 1.98 bits per heavy atom. The minimum atomic E-state index is -4.25. The quantitative estimate of drug-likeness (QED) is 0.0930. The summed E-state index contributed by atoms with van der Waals surface area (Å²) in [5, 5.41) is 12.0. The van der Waals surface area contributed by atoms with Crippen LogP contribution < -0.4 is 16.2 Å². The number of sulfonamides is 1. The largest absolute Gasteiger partial charge is 0.461 e. The fraction of sp³-hybridized carbons (Fsp3) is 0.292. The summed E-state index contributed by atoms with van der Waals surface area (Å²) in [5.41, 5.74) is 5.34. The molecule has 0 aliphatic carbocycles. The zero-order valence-corrected chi connectivity index (χ0v) is 26.0. The van der Waals surface area contributed by atoms with Crippen molar-refractivity contribution in [3.8, 4) is 0 Å². The molecule has 5 N–H and O–H groups in total. The Morgan fingerprint density at radius 1 is 1.25 bits per heavy atom. The summed E-state index contributed by atoms with van der Waals surface area (Å²) in [6, 6.07) is 2.22. The van der Waals surface area contributed by atoms with Gasteiger partial charge in [0.05, 0.1) is 5.02 Å². The first-order valence-corrected chi connectivity index (χ1v) is 16.0. The van der Waals surface area contributed by atoms with Gasteiger partial charge in [0.25, 0.3) is 11.8 Å². The highest BCUT2D eigenvalue weighted by Crippen LogP contribution is 2.41. The van der Waals surface area contributed by atoms with Crippen molar-refractivity contribution in [2.45, 2.75) is 23.2 Å². The van der Waals surface area contributed by atoms with Gasteiger partial charge < -0.3 is 25.4 Å². The molecule has 0 bridgehead atoms. The molecule has 2 aliphatic heterocycles. The maximum Gasteiger partial charge on any atom is 0.355 e. The van der Waals surface area contributed by atoms with Crippen molar-refractivity contribution in [2.75, 3.05) is 31.8 Å². The van der Waals surface area contributed by atoms with E-state index >= 15 is 0 Å². The number of Topliss-reactive ketones (excluding diaryl/α,β-unsaturated/α-hetero) is 1. The van der Waals surface area contributed by atoms with Crippen LogP contribution in [0.25, 0.3) is 0 Å². The molecule has 1 aromatic heterocycles. The van der Waals surface area contributed by atoms with Crippen LogP contribution in [0.2, 0.25) is 5.02 Å². The number of nitrogens with zero attached hydrogens (tertiary/aromatic N) is 3. The lowest BCUT2D eigenvalue weighted by molar-refractivity contribution is -0.152. The molecule has 2 aromatic rings. The molecule has 1 saturated heterocycles. The van der Waals surface area contributed by atoms with E-state index in [0.717, 1.165) is 35.3 Å². The number of thiazole rings is 1. The van der Waals surface area contributed by atoms with Gasteiger partial charge in [0, 0.05) is 29.2 Å². The second kappa shape index (κ2) is 13.3. The van der Waals surface area contributed by atoms with Crippen molar-refractivity contribution in [2.24, 2.45) is 10.3 Å². The maximum atomic E-state index is 13.3. The van der Waals surface area contributed by atoms with E-state index in [1.54, 1.807) is 0 Å². The van der Waals surface area contributed by atoms with Crippen molar-refractivity contribution in [3.05, 3.63) is 51.1 Å². The molecule has 0 spiro atoms. The first-order chi connectivity index (χ1) is 20.7. The number of hydrogen-bond acceptors (Lipinski definition) is 15. The summed E-state index contributed by atoms with van der Waals surface area (Å²) in [7, 11) is -3.03. The van der Waals surface area contributed by atoms with E-state index in [9.17, 15) is 32.4 Å². The van der Waals surface area contributed by atoms with Crippen molar-refractivity contribution >= 4 is 85.1 Å². The maximum absolute atomic E-state index is 13.3. The van der Waals surface area contributed by atoms with Gasteiger partial charge in [-0.1, -0.05) is 16.8 Å². The van der Waals surface area contributed by atoms with Crippen LogP contribution in [-0.4, -0.2) is 91.0 Å². The minimum Gasteiger partial charge on any atom is -0.461 e. The lowest BCUT2D eigenvalue weighted by Gasteiger charge is -2.49. The number of aromatic nitrogens is 1. The summed E-state index contributed by atoms with van der Waals surface area (Å²) in [4.78, 5) is 73.1. The van der Waals surface area contributed by atoms with Crippen molar-refractivity contribution in [1.29, 1.82) is 0 Å². The third-order valence-electron chi connectivity index (χ3n) is 6.03. The Morgan fingerprint density at radius 3 is 2.59 bits per heavy atom. The predicted molar refractivity (Wildman–Crippen MR) is 157 cm³/mol. The van der Waals surface area contributed by atoms with Gasteiger partial charge in [0.1, 0.15) is 41.4 Å². The molecule has 1 fully saturated rings. The molecule has 2 aliphatic rings. The highest BCUT2D eigenvalue weighted by molar-refractivity contribution is 8.00. The van der Waals surface area contributed by atoms with Gasteiger partial charge in [-0.15, -0.1) is 23.1 Å². The molecule has 44 heavy (non-hydrogen) atoms. The second-order valence-electron chi connectivity index (χ2n) is 8.98. The van der Waals surface area contributed by atoms with E-state index in [2.05, 4.69) is 15.5 Å². The number of thioether (sulfide) groups is 1. The van der Waals surface area contributed by atoms with Crippen LogP contribution in [0, 0.1) is 0 Å². The number of nitrogens with two attached hydrogens (primary N) is 2. The van der Waals surface area contributed by atoms with Gasteiger partial charge in [-0.3, -0.25) is 24.1 Å². The number of carbonyl (C=O) groups excluding carboxylic acids is 5. The van der Waals surface area contributed by atoms with Crippen molar-refractivity contribution in [3.63, 3.8) is 0 Å². The zero-order chi connectivity index (χ0) is 32.3. The summed E-state index contributed by atoms with van der Waals surface area (Å²) < 4.78 is 33.7. The molecule has 20 heteroatoms. The van der Waals surface area contributed by atoms with Crippen LogP contribution in [0.4, 0.5) is 5.13 Å². The van der Waals surface area contributed by atoms with Crippen LogP contribution in [0.5, 0.6) is 0 Å². The SMILES string of the molecule is CON=C(C(=O)N[C@@H]1C(=O)N2C(C(=O)OCC(=O)c3ccc(Cl)c(S(N)(=O)=O)c3)=C(COC(C)=O)CS[C@H]12)c1csc(N)n1. The Labute approximate surface area is 262 Å². The van der Waals surface area contributed by atoms with Gasteiger partial charge in [-0.25, -0.2) is 23.3 Å². The number of carbonyl (C=O) groups is 5. The standard InChI is InChI=1S/C24H23ClN6O10S3/c1-10(32)40-6-12-8-42-22-18(29-20(34)17(30-39-2)14-9-43-24(26)28-14)21(35)31(22)19(12)23(36)41-7-15(33)11-3-4-13(25)16(5-11)44(27,37)38/h3-5,9,18,22H,6-8H2,1-2H3,(H2,26,28)(H,29,34)(H2,27,37,38)/t18-,22-/m1/s1. The van der Waals surface area contributed by atoms with E-state index < -0.39 is 62.5 Å². The fourth-order valence-corrected chi connectivity index (χ4v) is 7.00. The smallest absolute Gasteiger partial charge is 0.355 e. The van der Waals surface area contributed by atoms with E-state index in [1.807, 2.05) is 0 Å². The third-order valence-corrected chi connectivity index (χ3v) is 9.44. The molecular formula is C24H23ClN6O10S3. The lowest BCUT2D eigenvalue weighted by atomic mass is 10.0. The lowest BCUT2D eigenvalue weighted by Crippen LogP contribution is -2.71. The molecule has 0 unspecified atom stereocenters. The second-order valence-corrected chi connectivity index (χ2v) is 12.9. The topological polar surface area (TPSA) is 240 Å². The number of benzene rings is 1. The number of rotatable bonds is 11. The number of esters is 2. The molecule has 2 amide bonds. The van der Waals surface area contributed by atoms with Gasteiger partial charge in [-0.05, 0) is 18.2 Å². The molecule has 3 heterocycles.